The van der Waals surface area contributed by atoms with Crippen LogP contribution in [-0.2, 0) is 19.1 Å². The molecule has 4 nitrogen and oxygen atoms in total. The Labute approximate surface area is 126 Å². The smallest absolute Gasteiger partial charge is 0.306 e. The lowest BCUT2D eigenvalue weighted by Gasteiger charge is -2.16. The SMILES string of the molecule is CCOC(=O)CCCCC(=O)OC(CC)c1ccccc1. The van der Waals surface area contributed by atoms with E-state index in [0.717, 1.165) is 12.0 Å². The number of hydrogen-bond acceptors (Lipinski definition) is 4. The highest BCUT2D eigenvalue weighted by Gasteiger charge is 2.14. The molecule has 0 spiro atoms. The summed E-state index contributed by atoms with van der Waals surface area (Å²) >= 11 is 0. The zero-order valence-corrected chi connectivity index (χ0v) is 12.8. The molecule has 4 heteroatoms. The van der Waals surface area contributed by atoms with Crippen molar-refractivity contribution in [1.29, 1.82) is 0 Å². The standard InChI is InChI=1S/C17H24O4/c1-3-15(14-10-6-5-7-11-14)21-17(19)13-9-8-12-16(18)20-4-2/h5-7,10-11,15H,3-4,8-9,12-13H2,1-2H3. The van der Waals surface area contributed by atoms with Crippen molar-refractivity contribution in [1.82, 2.24) is 0 Å². The maximum absolute atomic E-state index is 11.8. The average molecular weight is 292 g/mol. The molecule has 0 amide bonds. The van der Waals surface area contributed by atoms with Gasteiger partial charge in [0, 0.05) is 12.8 Å². The predicted octanol–water partition coefficient (Wildman–Crippen LogP) is 3.80. The van der Waals surface area contributed by atoms with Crippen LogP contribution in [0.4, 0.5) is 0 Å². The molecule has 1 aromatic rings. The molecule has 1 atom stereocenters. The van der Waals surface area contributed by atoms with Crippen LogP contribution in [0.5, 0.6) is 0 Å². The summed E-state index contributed by atoms with van der Waals surface area (Å²) < 4.78 is 10.3. The third-order valence-electron chi connectivity index (χ3n) is 3.13. The van der Waals surface area contributed by atoms with Crippen molar-refractivity contribution < 1.29 is 19.1 Å². The van der Waals surface area contributed by atoms with Crippen LogP contribution in [0.2, 0.25) is 0 Å². The number of rotatable bonds is 9. The molecule has 0 heterocycles. The van der Waals surface area contributed by atoms with Crippen LogP contribution >= 0.6 is 0 Å². The van der Waals surface area contributed by atoms with Gasteiger partial charge in [-0.3, -0.25) is 9.59 Å². The Hall–Kier alpha value is -1.84. The first-order valence-corrected chi connectivity index (χ1v) is 7.57. The Morgan fingerprint density at radius 3 is 2.19 bits per heavy atom. The fourth-order valence-electron chi connectivity index (χ4n) is 2.04. The van der Waals surface area contributed by atoms with Gasteiger partial charge in [-0.15, -0.1) is 0 Å². The average Bonchev–Trinajstić information content (AvgIpc) is 2.50. The van der Waals surface area contributed by atoms with Gasteiger partial charge >= 0.3 is 11.9 Å². The summed E-state index contributed by atoms with van der Waals surface area (Å²) in [6.45, 7) is 4.17. The van der Waals surface area contributed by atoms with Gasteiger partial charge in [0.2, 0.25) is 0 Å². The van der Waals surface area contributed by atoms with Crippen molar-refractivity contribution in [2.24, 2.45) is 0 Å². The molecule has 0 aromatic heterocycles. The van der Waals surface area contributed by atoms with Gasteiger partial charge in [-0.1, -0.05) is 37.3 Å². The third-order valence-corrected chi connectivity index (χ3v) is 3.13. The summed E-state index contributed by atoms with van der Waals surface area (Å²) in [5.41, 5.74) is 1.01. The quantitative estimate of drug-likeness (QED) is 0.513. The monoisotopic (exact) mass is 292 g/mol. The zero-order valence-electron chi connectivity index (χ0n) is 12.8. The lowest BCUT2D eigenvalue weighted by Crippen LogP contribution is -2.11. The van der Waals surface area contributed by atoms with Crippen LogP contribution in [0.25, 0.3) is 0 Å². The Bertz CT molecular complexity index is 428. The summed E-state index contributed by atoms with van der Waals surface area (Å²) in [4.78, 5) is 23.0. The second-order valence-electron chi connectivity index (χ2n) is 4.81. The molecule has 0 N–H and O–H groups in total. The maximum atomic E-state index is 11.8. The molecule has 0 radical (unpaired) electrons. The molecular weight excluding hydrogens is 268 g/mol. The molecule has 0 aliphatic carbocycles. The normalized spacial score (nSPS) is 11.7. The highest BCUT2D eigenvalue weighted by atomic mass is 16.5. The highest BCUT2D eigenvalue weighted by molar-refractivity contribution is 5.70. The molecule has 1 unspecified atom stereocenters. The van der Waals surface area contributed by atoms with Crippen LogP contribution < -0.4 is 0 Å². The van der Waals surface area contributed by atoms with E-state index in [0.29, 0.717) is 32.3 Å². The summed E-state index contributed by atoms with van der Waals surface area (Å²) in [5, 5.41) is 0. The topological polar surface area (TPSA) is 52.6 Å². The summed E-state index contributed by atoms with van der Waals surface area (Å²) in [6, 6.07) is 9.73. The van der Waals surface area contributed by atoms with Gasteiger partial charge in [-0.2, -0.15) is 0 Å². The molecule has 0 saturated heterocycles. The van der Waals surface area contributed by atoms with Crippen molar-refractivity contribution >= 4 is 11.9 Å². The Morgan fingerprint density at radius 2 is 1.62 bits per heavy atom. The fourth-order valence-corrected chi connectivity index (χ4v) is 2.04. The molecule has 1 aromatic carbocycles. The third kappa shape index (κ3) is 6.93. The van der Waals surface area contributed by atoms with E-state index in [9.17, 15) is 9.59 Å². The van der Waals surface area contributed by atoms with E-state index in [1.807, 2.05) is 37.3 Å². The highest BCUT2D eigenvalue weighted by Crippen LogP contribution is 2.21. The van der Waals surface area contributed by atoms with E-state index in [2.05, 4.69) is 0 Å². The minimum Gasteiger partial charge on any atom is -0.466 e. The molecular formula is C17H24O4. The fraction of sp³-hybridized carbons (Fsp3) is 0.529. The van der Waals surface area contributed by atoms with Gasteiger partial charge in [0.05, 0.1) is 6.61 Å². The Morgan fingerprint density at radius 1 is 1.00 bits per heavy atom. The van der Waals surface area contributed by atoms with E-state index in [1.54, 1.807) is 6.92 Å². The molecule has 116 valence electrons. The van der Waals surface area contributed by atoms with Crippen molar-refractivity contribution in [2.45, 2.75) is 52.1 Å². The maximum Gasteiger partial charge on any atom is 0.306 e. The Kier molecular flexibility index (Phi) is 8.17. The first-order valence-electron chi connectivity index (χ1n) is 7.57. The van der Waals surface area contributed by atoms with Crippen LogP contribution in [-0.4, -0.2) is 18.5 Å². The van der Waals surface area contributed by atoms with Crippen molar-refractivity contribution in [3.05, 3.63) is 35.9 Å². The molecule has 0 fully saturated rings. The van der Waals surface area contributed by atoms with E-state index >= 15 is 0 Å². The molecule has 0 bridgehead atoms. The van der Waals surface area contributed by atoms with Gasteiger partial charge in [0.25, 0.3) is 0 Å². The summed E-state index contributed by atoms with van der Waals surface area (Å²) in [5.74, 6) is -0.420. The minimum atomic E-state index is -0.213. The lowest BCUT2D eigenvalue weighted by molar-refractivity contribution is -0.150. The van der Waals surface area contributed by atoms with E-state index in [-0.39, 0.29) is 18.0 Å². The number of unbranched alkanes of at least 4 members (excludes halogenated alkanes) is 1. The van der Waals surface area contributed by atoms with Gasteiger partial charge in [-0.25, -0.2) is 0 Å². The molecule has 21 heavy (non-hydrogen) atoms. The van der Waals surface area contributed by atoms with Crippen LogP contribution in [0.15, 0.2) is 30.3 Å². The van der Waals surface area contributed by atoms with Gasteiger partial charge in [0.1, 0.15) is 6.10 Å². The Balaban J connectivity index is 2.28. The minimum absolute atomic E-state index is 0.191. The second-order valence-corrected chi connectivity index (χ2v) is 4.81. The summed E-state index contributed by atoms with van der Waals surface area (Å²) in [7, 11) is 0. The van der Waals surface area contributed by atoms with Crippen molar-refractivity contribution in [3.8, 4) is 0 Å². The van der Waals surface area contributed by atoms with Gasteiger partial charge in [0.15, 0.2) is 0 Å². The largest absolute Gasteiger partial charge is 0.466 e. The second kappa shape index (κ2) is 9.97. The van der Waals surface area contributed by atoms with E-state index in [1.165, 1.54) is 0 Å². The summed E-state index contributed by atoms with van der Waals surface area (Å²) in [6.07, 6.45) is 2.54. The number of esters is 2. The lowest BCUT2D eigenvalue weighted by atomic mass is 10.1. The van der Waals surface area contributed by atoms with Crippen molar-refractivity contribution in [3.63, 3.8) is 0 Å². The number of hydrogen-bond donors (Lipinski definition) is 0. The van der Waals surface area contributed by atoms with E-state index in [4.69, 9.17) is 9.47 Å². The number of ether oxygens (including phenoxy) is 2. The first-order chi connectivity index (χ1) is 10.2. The first kappa shape index (κ1) is 17.2. The number of carbonyl (C=O) groups is 2. The molecule has 0 aliphatic rings. The number of benzene rings is 1. The van der Waals surface area contributed by atoms with Gasteiger partial charge in [-0.05, 0) is 31.7 Å². The molecule has 0 saturated carbocycles. The van der Waals surface area contributed by atoms with Gasteiger partial charge < -0.3 is 9.47 Å². The van der Waals surface area contributed by atoms with Crippen LogP contribution in [0.3, 0.4) is 0 Å². The zero-order chi connectivity index (χ0) is 15.5. The molecule has 0 aliphatic heterocycles. The number of carbonyl (C=O) groups excluding carboxylic acids is 2. The van der Waals surface area contributed by atoms with Crippen LogP contribution in [0, 0.1) is 0 Å². The molecule has 1 rings (SSSR count). The predicted molar refractivity (Wildman–Crippen MR) is 80.7 cm³/mol. The van der Waals surface area contributed by atoms with E-state index < -0.39 is 0 Å². The van der Waals surface area contributed by atoms with Crippen molar-refractivity contribution in [2.75, 3.05) is 6.61 Å². The van der Waals surface area contributed by atoms with Crippen LogP contribution in [0.1, 0.15) is 57.6 Å².